The molecule has 7 heteroatoms. The molecule has 2 aliphatic rings. The van der Waals surface area contributed by atoms with Crippen molar-refractivity contribution in [3.05, 3.63) is 29.8 Å². The van der Waals surface area contributed by atoms with Crippen LogP contribution in [0.4, 0.5) is 0 Å². The summed E-state index contributed by atoms with van der Waals surface area (Å²) < 4.78 is 27.4. The zero-order chi connectivity index (χ0) is 15.0. The van der Waals surface area contributed by atoms with Gasteiger partial charge < -0.3 is 5.73 Å². The van der Waals surface area contributed by atoms with Gasteiger partial charge >= 0.3 is 0 Å². The largest absolute Gasteiger partial charge is 0.389 e. The Morgan fingerprint density at radius 1 is 1.24 bits per heavy atom. The summed E-state index contributed by atoms with van der Waals surface area (Å²) in [6.07, 6.45) is 2.23. The number of nitrogens with zero attached hydrogens (tertiary/aromatic N) is 2. The summed E-state index contributed by atoms with van der Waals surface area (Å²) in [4.78, 5) is 2.73. The lowest BCUT2D eigenvalue weighted by atomic mass is 10.2. The number of hydrogen-bond donors (Lipinski definition) is 1. The molecule has 0 saturated carbocycles. The minimum Gasteiger partial charge on any atom is -0.389 e. The van der Waals surface area contributed by atoms with Crippen molar-refractivity contribution in [2.75, 3.05) is 26.2 Å². The van der Waals surface area contributed by atoms with Crippen molar-refractivity contribution in [3.8, 4) is 0 Å². The third kappa shape index (κ3) is 2.70. The maximum Gasteiger partial charge on any atom is 0.243 e. The lowest BCUT2D eigenvalue weighted by Crippen LogP contribution is -2.52. The van der Waals surface area contributed by atoms with Crippen molar-refractivity contribution in [2.24, 2.45) is 5.73 Å². The van der Waals surface area contributed by atoms with Gasteiger partial charge in [-0.05, 0) is 25.5 Å². The minimum atomic E-state index is -3.54. The summed E-state index contributed by atoms with van der Waals surface area (Å²) in [6.45, 7) is 2.99. The molecule has 2 fully saturated rings. The third-order valence-electron chi connectivity index (χ3n) is 4.32. The number of fused-ring (bicyclic) bond motifs is 1. The smallest absolute Gasteiger partial charge is 0.243 e. The van der Waals surface area contributed by atoms with E-state index >= 15 is 0 Å². The highest BCUT2D eigenvalue weighted by Gasteiger charge is 2.37. The quantitative estimate of drug-likeness (QED) is 0.832. The Hall–Kier alpha value is -1.02. The average molecular weight is 325 g/mol. The number of thiocarbonyl (C=S) groups is 1. The van der Waals surface area contributed by atoms with Crippen LogP contribution in [0.15, 0.2) is 29.2 Å². The molecular weight excluding hydrogens is 306 g/mol. The standard InChI is InChI=1S/C14H19N3O2S2/c15-14(20)12-5-1-2-6-13(12)21(18,19)17-9-8-16-7-3-4-11(16)10-17/h1-2,5-6,11H,3-4,7-10H2,(H2,15,20). The minimum absolute atomic E-state index is 0.119. The van der Waals surface area contributed by atoms with Gasteiger partial charge in [0.05, 0.1) is 4.90 Å². The van der Waals surface area contributed by atoms with Crippen LogP contribution in [0.1, 0.15) is 18.4 Å². The highest BCUT2D eigenvalue weighted by molar-refractivity contribution is 7.89. The summed E-state index contributed by atoms with van der Waals surface area (Å²) in [5, 5.41) is 0. The zero-order valence-corrected chi connectivity index (χ0v) is 13.4. The molecule has 0 bridgehead atoms. The van der Waals surface area contributed by atoms with Crippen LogP contribution in [0.3, 0.4) is 0 Å². The van der Waals surface area contributed by atoms with Crippen molar-refractivity contribution in [3.63, 3.8) is 0 Å². The average Bonchev–Trinajstić information content (AvgIpc) is 2.94. The monoisotopic (exact) mass is 325 g/mol. The molecular formula is C14H19N3O2S2. The summed E-state index contributed by atoms with van der Waals surface area (Å²) in [5.74, 6) is 0. The van der Waals surface area contributed by atoms with E-state index in [1.165, 1.54) is 0 Å². The number of nitrogens with two attached hydrogens (primary N) is 1. The fourth-order valence-electron chi connectivity index (χ4n) is 3.22. The Balaban J connectivity index is 1.92. The maximum absolute atomic E-state index is 12.9. The summed E-state index contributed by atoms with van der Waals surface area (Å²) >= 11 is 4.98. The molecule has 0 radical (unpaired) electrons. The van der Waals surface area contributed by atoms with Crippen LogP contribution in [0, 0.1) is 0 Å². The first-order valence-electron chi connectivity index (χ1n) is 7.13. The van der Waals surface area contributed by atoms with Crippen molar-refractivity contribution in [1.82, 2.24) is 9.21 Å². The molecule has 21 heavy (non-hydrogen) atoms. The van der Waals surface area contributed by atoms with E-state index in [0.717, 1.165) is 25.9 Å². The van der Waals surface area contributed by atoms with Crippen LogP contribution in [0.5, 0.6) is 0 Å². The lowest BCUT2D eigenvalue weighted by Gasteiger charge is -2.36. The predicted molar refractivity (Wildman–Crippen MR) is 85.7 cm³/mol. The Labute approximate surface area is 130 Å². The molecule has 0 spiro atoms. The second-order valence-corrected chi connectivity index (χ2v) is 7.90. The van der Waals surface area contributed by atoms with Crippen molar-refractivity contribution >= 4 is 27.2 Å². The van der Waals surface area contributed by atoms with Gasteiger partial charge in [0.1, 0.15) is 4.99 Å². The van der Waals surface area contributed by atoms with Crippen LogP contribution >= 0.6 is 12.2 Å². The van der Waals surface area contributed by atoms with Crippen molar-refractivity contribution in [1.29, 1.82) is 0 Å². The van der Waals surface area contributed by atoms with Gasteiger partial charge in [-0.25, -0.2) is 8.42 Å². The molecule has 5 nitrogen and oxygen atoms in total. The fraction of sp³-hybridized carbons (Fsp3) is 0.500. The van der Waals surface area contributed by atoms with Crippen LogP contribution in [0.25, 0.3) is 0 Å². The van der Waals surface area contributed by atoms with Crippen LogP contribution < -0.4 is 5.73 Å². The van der Waals surface area contributed by atoms with Gasteiger partial charge in [-0.2, -0.15) is 4.31 Å². The Kier molecular flexibility index (Phi) is 4.00. The van der Waals surface area contributed by atoms with E-state index in [1.54, 1.807) is 28.6 Å². The normalized spacial score (nSPS) is 23.9. The molecule has 1 aromatic carbocycles. The summed E-state index contributed by atoms with van der Waals surface area (Å²) in [6, 6.07) is 7.07. The molecule has 3 rings (SSSR count). The van der Waals surface area contributed by atoms with Gasteiger partial charge in [-0.3, -0.25) is 4.90 Å². The zero-order valence-electron chi connectivity index (χ0n) is 11.7. The second kappa shape index (κ2) is 5.64. The molecule has 1 aromatic rings. The van der Waals surface area contributed by atoms with Gasteiger partial charge in [-0.15, -0.1) is 0 Å². The molecule has 2 heterocycles. The Morgan fingerprint density at radius 3 is 2.76 bits per heavy atom. The molecule has 0 aromatic heterocycles. The van der Waals surface area contributed by atoms with Gasteiger partial charge in [0.15, 0.2) is 0 Å². The number of rotatable bonds is 3. The van der Waals surface area contributed by atoms with Gasteiger partial charge in [0.25, 0.3) is 0 Å². The van der Waals surface area contributed by atoms with Crippen molar-refractivity contribution < 1.29 is 8.42 Å². The maximum atomic E-state index is 12.9. The topological polar surface area (TPSA) is 66.6 Å². The van der Waals surface area contributed by atoms with Crippen LogP contribution in [-0.4, -0.2) is 54.8 Å². The number of sulfonamides is 1. The van der Waals surface area contributed by atoms with E-state index < -0.39 is 10.0 Å². The summed E-state index contributed by atoms with van der Waals surface area (Å²) in [5.41, 5.74) is 6.10. The molecule has 2 aliphatic heterocycles. The molecule has 114 valence electrons. The highest BCUT2D eigenvalue weighted by Crippen LogP contribution is 2.27. The predicted octanol–water partition coefficient (Wildman–Crippen LogP) is 0.789. The first-order valence-corrected chi connectivity index (χ1v) is 8.98. The van der Waals surface area contributed by atoms with Crippen molar-refractivity contribution in [2.45, 2.75) is 23.8 Å². The van der Waals surface area contributed by atoms with Gasteiger partial charge in [0, 0.05) is 31.2 Å². The van der Waals surface area contributed by atoms with E-state index in [2.05, 4.69) is 4.90 Å². The fourth-order valence-corrected chi connectivity index (χ4v) is 5.13. The molecule has 0 aliphatic carbocycles. The third-order valence-corrected chi connectivity index (χ3v) is 6.46. The highest BCUT2D eigenvalue weighted by atomic mass is 32.2. The molecule has 1 unspecified atom stereocenters. The van der Waals surface area contributed by atoms with E-state index in [9.17, 15) is 8.42 Å². The van der Waals surface area contributed by atoms with Crippen LogP contribution in [-0.2, 0) is 10.0 Å². The van der Waals surface area contributed by atoms with E-state index in [-0.39, 0.29) is 9.88 Å². The van der Waals surface area contributed by atoms with Gasteiger partial charge in [0.2, 0.25) is 10.0 Å². The lowest BCUT2D eigenvalue weighted by molar-refractivity contribution is 0.158. The molecule has 2 N–H and O–H groups in total. The van der Waals surface area contributed by atoms with Gasteiger partial charge in [-0.1, -0.05) is 30.4 Å². The molecule has 0 amide bonds. The molecule has 2 saturated heterocycles. The van der Waals surface area contributed by atoms with E-state index in [1.807, 2.05) is 0 Å². The van der Waals surface area contributed by atoms with E-state index in [4.69, 9.17) is 18.0 Å². The molecule has 1 atom stereocenters. The number of hydrogen-bond acceptors (Lipinski definition) is 4. The second-order valence-electron chi connectivity index (χ2n) is 5.56. The number of benzene rings is 1. The van der Waals surface area contributed by atoms with Crippen LogP contribution in [0.2, 0.25) is 0 Å². The first kappa shape index (κ1) is 14.9. The SMILES string of the molecule is NC(=S)c1ccccc1S(=O)(=O)N1CCN2CCCC2C1. The number of piperazine rings is 1. The first-order chi connectivity index (χ1) is 10.00. The summed E-state index contributed by atoms with van der Waals surface area (Å²) in [7, 11) is -3.54. The van der Waals surface area contributed by atoms with E-state index in [0.29, 0.717) is 24.7 Å². The Bertz CT molecular complexity index is 660. The Morgan fingerprint density at radius 2 is 2.00 bits per heavy atom.